The summed E-state index contributed by atoms with van der Waals surface area (Å²) in [5.41, 5.74) is 1.68. The third-order valence-electron chi connectivity index (χ3n) is 2.91. The van der Waals surface area contributed by atoms with Gasteiger partial charge in [0.2, 0.25) is 0 Å². The van der Waals surface area contributed by atoms with Crippen molar-refractivity contribution in [2.24, 2.45) is 0 Å². The lowest BCUT2D eigenvalue weighted by atomic mass is 10.1. The molecule has 0 aromatic heterocycles. The third kappa shape index (κ3) is 3.09. The Hall–Kier alpha value is -1.94. The molecule has 2 aromatic rings. The van der Waals surface area contributed by atoms with Crippen LogP contribution >= 0.6 is 0 Å². The van der Waals surface area contributed by atoms with Gasteiger partial charge in [0.15, 0.2) is 11.6 Å². The fraction of sp³-hybridized carbons (Fsp3) is 0.200. The predicted octanol–water partition coefficient (Wildman–Crippen LogP) is 3.63. The van der Waals surface area contributed by atoms with Crippen LogP contribution in [0.4, 0.5) is 14.5 Å². The zero-order valence-corrected chi connectivity index (χ0v) is 10.5. The molecule has 2 rings (SSSR count). The van der Waals surface area contributed by atoms with Crippen LogP contribution in [0.5, 0.6) is 0 Å². The Morgan fingerprint density at radius 2 is 1.84 bits per heavy atom. The molecule has 0 fully saturated rings. The van der Waals surface area contributed by atoms with Gasteiger partial charge in [0.1, 0.15) is 0 Å². The first-order valence-corrected chi connectivity index (χ1v) is 6.03. The highest BCUT2D eigenvalue weighted by molar-refractivity contribution is 5.52. The number of benzene rings is 2. The van der Waals surface area contributed by atoms with Gasteiger partial charge in [-0.3, -0.25) is 0 Å². The summed E-state index contributed by atoms with van der Waals surface area (Å²) in [5.74, 6) is -1.70. The van der Waals surface area contributed by atoms with Gasteiger partial charge in [-0.1, -0.05) is 30.3 Å². The molecule has 4 heteroatoms. The van der Waals surface area contributed by atoms with Crippen molar-refractivity contribution < 1.29 is 13.9 Å². The van der Waals surface area contributed by atoms with Crippen LogP contribution in [0.15, 0.2) is 42.5 Å². The zero-order valence-electron chi connectivity index (χ0n) is 10.5. The first-order valence-electron chi connectivity index (χ1n) is 6.03. The molecule has 0 amide bonds. The van der Waals surface area contributed by atoms with Gasteiger partial charge in [-0.05, 0) is 19.1 Å². The minimum atomic E-state index is -0.858. The summed E-state index contributed by atoms with van der Waals surface area (Å²) < 4.78 is 26.6. The van der Waals surface area contributed by atoms with Crippen LogP contribution in [0.2, 0.25) is 0 Å². The Morgan fingerprint density at radius 3 is 2.58 bits per heavy atom. The molecule has 1 atom stereocenters. The zero-order chi connectivity index (χ0) is 13.8. The van der Waals surface area contributed by atoms with Crippen LogP contribution in [0.3, 0.4) is 0 Å². The molecule has 1 unspecified atom stereocenters. The smallest absolute Gasteiger partial charge is 0.163 e. The topological polar surface area (TPSA) is 32.3 Å². The normalized spacial score (nSPS) is 12.2. The Bertz CT molecular complexity index is 570. The van der Waals surface area contributed by atoms with E-state index in [1.807, 2.05) is 12.1 Å². The molecule has 0 aliphatic rings. The average Bonchev–Trinajstić information content (AvgIpc) is 2.40. The molecule has 0 spiro atoms. The number of aliphatic hydroxyl groups is 1. The number of aliphatic hydroxyl groups excluding tert-OH is 1. The monoisotopic (exact) mass is 263 g/mol. The van der Waals surface area contributed by atoms with E-state index in [-0.39, 0.29) is 12.1 Å². The lowest BCUT2D eigenvalue weighted by molar-refractivity contribution is 0.200. The molecule has 0 aliphatic carbocycles. The van der Waals surface area contributed by atoms with E-state index in [0.717, 1.165) is 11.6 Å². The van der Waals surface area contributed by atoms with Crippen LogP contribution in [-0.2, 0) is 6.54 Å². The van der Waals surface area contributed by atoms with Gasteiger partial charge in [0.05, 0.1) is 6.10 Å². The quantitative estimate of drug-likeness (QED) is 0.882. The molecule has 0 radical (unpaired) electrons. The van der Waals surface area contributed by atoms with Crippen LogP contribution in [0.1, 0.15) is 24.2 Å². The molecular formula is C15H15F2NO. The van der Waals surface area contributed by atoms with Crippen molar-refractivity contribution in [3.63, 3.8) is 0 Å². The van der Waals surface area contributed by atoms with E-state index in [2.05, 4.69) is 5.32 Å². The summed E-state index contributed by atoms with van der Waals surface area (Å²) in [5, 5.41) is 12.6. The van der Waals surface area contributed by atoms with E-state index in [1.165, 1.54) is 12.1 Å². The highest BCUT2D eigenvalue weighted by Gasteiger charge is 2.10. The van der Waals surface area contributed by atoms with Gasteiger partial charge in [-0.25, -0.2) is 8.78 Å². The molecule has 0 aliphatic heterocycles. The second kappa shape index (κ2) is 5.80. The van der Waals surface area contributed by atoms with E-state index >= 15 is 0 Å². The lowest BCUT2D eigenvalue weighted by Crippen LogP contribution is -2.06. The number of rotatable bonds is 4. The maximum absolute atomic E-state index is 13.5. The van der Waals surface area contributed by atoms with E-state index in [0.29, 0.717) is 5.69 Å². The fourth-order valence-electron chi connectivity index (χ4n) is 1.90. The maximum atomic E-state index is 13.5. The third-order valence-corrected chi connectivity index (χ3v) is 2.91. The molecule has 0 saturated carbocycles. The van der Waals surface area contributed by atoms with Gasteiger partial charge in [0, 0.05) is 23.4 Å². The summed E-state index contributed by atoms with van der Waals surface area (Å²) >= 11 is 0. The maximum Gasteiger partial charge on any atom is 0.163 e. The SMILES string of the molecule is CC(O)c1ccccc1NCc1cccc(F)c1F. The second-order valence-corrected chi connectivity index (χ2v) is 4.33. The first kappa shape index (κ1) is 13.5. The molecule has 100 valence electrons. The number of anilines is 1. The van der Waals surface area contributed by atoms with Gasteiger partial charge in [0.25, 0.3) is 0 Å². The van der Waals surface area contributed by atoms with Gasteiger partial charge >= 0.3 is 0 Å². The predicted molar refractivity (Wildman–Crippen MR) is 70.8 cm³/mol. The van der Waals surface area contributed by atoms with Crippen molar-refractivity contribution >= 4 is 5.69 Å². The number of para-hydroxylation sites is 1. The Morgan fingerprint density at radius 1 is 1.11 bits per heavy atom. The van der Waals surface area contributed by atoms with Crippen molar-refractivity contribution in [2.45, 2.75) is 19.6 Å². The van der Waals surface area contributed by atoms with E-state index < -0.39 is 17.7 Å². The van der Waals surface area contributed by atoms with E-state index in [9.17, 15) is 13.9 Å². The number of hydrogen-bond donors (Lipinski definition) is 2. The summed E-state index contributed by atoms with van der Waals surface area (Å²) in [7, 11) is 0. The van der Waals surface area contributed by atoms with Crippen LogP contribution < -0.4 is 5.32 Å². The Labute approximate surface area is 110 Å². The van der Waals surface area contributed by atoms with Crippen LogP contribution in [0, 0.1) is 11.6 Å². The van der Waals surface area contributed by atoms with Gasteiger partial charge < -0.3 is 10.4 Å². The van der Waals surface area contributed by atoms with Crippen molar-refractivity contribution in [1.82, 2.24) is 0 Å². The summed E-state index contributed by atoms with van der Waals surface area (Å²) in [6.45, 7) is 1.82. The summed E-state index contributed by atoms with van der Waals surface area (Å²) in [6.07, 6.45) is -0.624. The molecule has 2 aromatic carbocycles. The first-order chi connectivity index (χ1) is 9.09. The van der Waals surface area contributed by atoms with Crippen LogP contribution in [-0.4, -0.2) is 5.11 Å². The molecule has 0 saturated heterocycles. The summed E-state index contributed by atoms with van der Waals surface area (Å²) in [6, 6.07) is 11.3. The minimum Gasteiger partial charge on any atom is -0.389 e. The Balaban J connectivity index is 2.17. The standard InChI is InChI=1S/C15H15F2NO/c1-10(19)12-6-2-3-8-14(12)18-9-11-5-4-7-13(16)15(11)17/h2-8,10,18-19H,9H2,1H3. The highest BCUT2D eigenvalue weighted by Crippen LogP contribution is 2.23. The minimum absolute atomic E-state index is 0.160. The van der Waals surface area contributed by atoms with E-state index in [1.54, 1.807) is 19.1 Å². The van der Waals surface area contributed by atoms with E-state index in [4.69, 9.17) is 0 Å². The van der Waals surface area contributed by atoms with Crippen molar-refractivity contribution in [1.29, 1.82) is 0 Å². The van der Waals surface area contributed by atoms with Gasteiger partial charge in [-0.15, -0.1) is 0 Å². The molecule has 2 N–H and O–H groups in total. The molecule has 19 heavy (non-hydrogen) atoms. The largest absolute Gasteiger partial charge is 0.389 e. The number of hydrogen-bond acceptors (Lipinski definition) is 2. The van der Waals surface area contributed by atoms with Crippen molar-refractivity contribution in [3.8, 4) is 0 Å². The molecule has 0 heterocycles. The van der Waals surface area contributed by atoms with Crippen LogP contribution in [0.25, 0.3) is 0 Å². The molecule has 0 bridgehead atoms. The number of halogens is 2. The number of nitrogens with one attached hydrogen (secondary N) is 1. The van der Waals surface area contributed by atoms with Crippen molar-refractivity contribution in [2.75, 3.05) is 5.32 Å². The Kier molecular flexibility index (Phi) is 4.12. The molecule has 2 nitrogen and oxygen atoms in total. The second-order valence-electron chi connectivity index (χ2n) is 4.33. The average molecular weight is 263 g/mol. The van der Waals surface area contributed by atoms with Gasteiger partial charge in [-0.2, -0.15) is 0 Å². The van der Waals surface area contributed by atoms with Crippen molar-refractivity contribution in [3.05, 3.63) is 65.2 Å². The lowest BCUT2D eigenvalue weighted by Gasteiger charge is -2.14. The fourth-order valence-corrected chi connectivity index (χ4v) is 1.90. The molecular weight excluding hydrogens is 248 g/mol. The summed E-state index contributed by atoms with van der Waals surface area (Å²) in [4.78, 5) is 0. The highest BCUT2D eigenvalue weighted by atomic mass is 19.2.